The van der Waals surface area contributed by atoms with Crippen molar-refractivity contribution in [3.63, 3.8) is 0 Å². The van der Waals surface area contributed by atoms with Gasteiger partial charge in [-0.15, -0.1) is 0 Å². The number of anilines is 2. The lowest BCUT2D eigenvalue weighted by atomic mass is 10.1. The quantitative estimate of drug-likeness (QED) is 0.421. The van der Waals surface area contributed by atoms with Gasteiger partial charge in [-0.2, -0.15) is 0 Å². The zero-order chi connectivity index (χ0) is 19.1. The van der Waals surface area contributed by atoms with Crippen LogP contribution in [0.25, 0.3) is 0 Å². The number of nitro benzene ring substituents is 2. The zero-order valence-electron chi connectivity index (χ0n) is 14.1. The lowest BCUT2D eigenvalue weighted by molar-refractivity contribution is -0.385. The van der Waals surface area contributed by atoms with Crippen molar-refractivity contribution in [3.05, 3.63) is 68.3 Å². The van der Waals surface area contributed by atoms with Crippen LogP contribution in [0.5, 0.6) is 0 Å². The summed E-state index contributed by atoms with van der Waals surface area (Å²) in [6, 6.07) is 10.5. The third-order valence-corrected chi connectivity index (χ3v) is 3.76. The van der Waals surface area contributed by atoms with Gasteiger partial charge in [0.1, 0.15) is 0 Å². The lowest BCUT2D eigenvalue weighted by Crippen LogP contribution is -2.14. The molecular formula is C17H18N4O5. The van der Waals surface area contributed by atoms with Crippen LogP contribution in [0.2, 0.25) is 0 Å². The monoisotopic (exact) mass is 358 g/mol. The van der Waals surface area contributed by atoms with Crippen molar-refractivity contribution in [2.45, 2.75) is 19.8 Å². The second-order valence-corrected chi connectivity index (χ2v) is 5.59. The highest BCUT2D eigenvalue weighted by molar-refractivity contribution is 5.92. The van der Waals surface area contributed by atoms with E-state index in [4.69, 9.17) is 0 Å². The minimum Gasteiger partial charge on any atom is -0.385 e. The van der Waals surface area contributed by atoms with Crippen LogP contribution in [0.3, 0.4) is 0 Å². The van der Waals surface area contributed by atoms with Gasteiger partial charge in [0.05, 0.1) is 21.1 Å². The number of benzene rings is 2. The van der Waals surface area contributed by atoms with E-state index in [1.54, 1.807) is 25.1 Å². The van der Waals surface area contributed by atoms with Gasteiger partial charge in [0, 0.05) is 36.9 Å². The molecule has 0 heterocycles. The van der Waals surface area contributed by atoms with Gasteiger partial charge in [0.25, 0.3) is 11.4 Å². The molecule has 0 bridgehead atoms. The Bertz CT molecular complexity index is 820. The second kappa shape index (κ2) is 8.56. The molecule has 0 aliphatic rings. The van der Waals surface area contributed by atoms with Crippen molar-refractivity contribution in [2.75, 3.05) is 17.2 Å². The third kappa shape index (κ3) is 5.00. The van der Waals surface area contributed by atoms with Crippen LogP contribution in [-0.2, 0) is 4.79 Å². The first-order valence-corrected chi connectivity index (χ1v) is 7.90. The molecule has 0 spiro atoms. The van der Waals surface area contributed by atoms with Crippen molar-refractivity contribution in [1.29, 1.82) is 0 Å². The molecule has 0 radical (unpaired) electrons. The average molecular weight is 358 g/mol. The summed E-state index contributed by atoms with van der Waals surface area (Å²) in [7, 11) is 0. The molecule has 0 fully saturated rings. The Morgan fingerprint density at radius 1 is 1.04 bits per heavy atom. The molecule has 0 saturated carbocycles. The molecule has 0 aliphatic carbocycles. The summed E-state index contributed by atoms with van der Waals surface area (Å²) in [6.45, 7) is 2.10. The van der Waals surface area contributed by atoms with Gasteiger partial charge in [-0.3, -0.25) is 25.0 Å². The van der Waals surface area contributed by atoms with E-state index in [1.165, 1.54) is 24.3 Å². The van der Waals surface area contributed by atoms with Crippen molar-refractivity contribution < 1.29 is 14.6 Å². The van der Waals surface area contributed by atoms with E-state index in [-0.39, 0.29) is 23.7 Å². The Morgan fingerprint density at radius 3 is 2.35 bits per heavy atom. The van der Waals surface area contributed by atoms with Gasteiger partial charge in [0.2, 0.25) is 5.91 Å². The van der Waals surface area contributed by atoms with E-state index in [2.05, 4.69) is 10.6 Å². The maximum Gasteiger partial charge on any atom is 0.274 e. The zero-order valence-corrected chi connectivity index (χ0v) is 14.1. The van der Waals surface area contributed by atoms with Crippen LogP contribution in [0.1, 0.15) is 18.4 Å². The average Bonchev–Trinajstić information content (AvgIpc) is 2.60. The molecule has 9 heteroatoms. The number of hydrogen-bond acceptors (Lipinski definition) is 6. The molecule has 0 unspecified atom stereocenters. The number of carbonyl (C=O) groups excluding carboxylic acids is 1. The molecule has 2 aromatic rings. The highest BCUT2D eigenvalue weighted by Crippen LogP contribution is 2.25. The first-order chi connectivity index (χ1) is 12.4. The van der Waals surface area contributed by atoms with Crippen LogP contribution in [0.15, 0.2) is 42.5 Å². The number of carbonyl (C=O) groups is 1. The fourth-order valence-corrected chi connectivity index (χ4v) is 2.35. The predicted molar refractivity (Wildman–Crippen MR) is 97.3 cm³/mol. The lowest BCUT2D eigenvalue weighted by Gasteiger charge is -2.09. The Labute approximate surface area is 149 Å². The van der Waals surface area contributed by atoms with E-state index >= 15 is 0 Å². The van der Waals surface area contributed by atoms with Crippen LogP contribution in [-0.4, -0.2) is 22.3 Å². The second-order valence-electron chi connectivity index (χ2n) is 5.59. The summed E-state index contributed by atoms with van der Waals surface area (Å²) in [4.78, 5) is 32.5. The summed E-state index contributed by atoms with van der Waals surface area (Å²) < 4.78 is 0. The minimum absolute atomic E-state index is 0.0160. The maximum absolute atomic E-state index is 12.0. The molecule has 2 rings (SSSR count). The molecule has 26 heavy (non-hydrogen) atoms. The van der Waals surface area contributed by atoms with E-state index < -0.39 is 9.85 Å². The number of nitrogens with zero attached hydrogens (tertiary/aromatic N) is 2. The van der Waals surface area contributed by atoms with Crippen molar-refractivity contribution >= 4 is 28.7 Å². The van der Waals surface area contributed by atoms with Crippen molar-refractivity contribution in [1.82, 2.24) is 0 Å². The summed E-state index contributed by atoms with van der Waals surface area (Å²) in [6.07, 6.45) is 0.777. The molecule has 9 nitrogen and oxygen atoms in total. The number of amides is 1. The summed E-state index contributed by atoms with van der Waals surface area (Å²) >= 11 is 0. The fourth-order valence-electron chi connectivity index (χ4n) is 2.35. The summed E-state index contributed by atoms with van der Waals surface area (Å²) in [5.74, 6) is -0.237. The molecule has 0 saturated heterocycles. The van der Waals surface area contributed by atoms with E-state index in [1.807, 2.05) is 0 Å². The van der Waals surface area contributed by atoms with Crippen molar-refractivity contribution in [3.8, 4) is 0 Å². The van der Waals surface area contributed by atoms with Crippen LogP contribution < -0.4 is 10.6 Å². The normalized spacial score (nSPS) is 10.2. The van der Waals surface area contributed by atoms with Crippen LogP contribution in [0, 0.1) is 27.2 Å². The van der Waals surface area contributed by atoms with Gasteiger partial charge in [-0.1, -0.05) is 6.07 Å². The number of hydrogen-bond donors (Lipinski definition) is 2. The van der Waals surface area contributed by atoms with Gasteiger partial charge in [-0.05, 0) is 31.5 Å². The van der Waals surface area contributed by atoms with Crippen molar-refractivity contribution in [2.24, 2.45) is 0 Å². The molecule has 1 amide bonds. The predicted octanol–water partition coefficient (Wildman–Crippen LogP) is 3.64. The van der Waals surface area contributed by atoms with E-state index in [0.717, 1.165) is 5.69 Å². The van der Waals surface area contributed by atoms with Gasteiger partial charge >= 0.3 is 0 Å². The Balaban J connectivity index is 1.80. The van der Waals surface area contributed by atoms with Gasteiger partial charge in [0.15, 0.2) is 0 Å². The minimum atomic E-state index is -0.487. The molecule has 2 aromatic carbocycles. The largest absolute Gasteiger partial charge is 0.385 e. The highest BCUT2D eigenvalue weighted by atomic mass is 16.6. The first-order valence-electron chi connectivity index (χ1n) is 7.90. The highest BCUT2D eigenvalue weighted by Gasteiger charge is 2.14. The number of rotatable bonds is 8. The first kappa shape index (κ1) is 18.8. The Morgan fingerprint density at radius 2 is 1.73 bits per heavy atom. The van der Waals surface area contributed by atoms with Crippen LogP contribution in [0.4, 0.5) is 22.7 Å². The van der Waals surface area contributed by atoms with E-state index in [0.29, 0.717) is 24.2 Å². The van der Waals surface area contributed by atoms with Gasteiger partial charge in [-0.25, -0.2) is 0 Å². The Hall–Kier alpha value is -3.49. The summed E-state index contributed by atoms with van der Waals surface area (Å²) in [5, 5.41) is 27.2. The van der Waals surface area contributed by atoms with Crippen LogP contribution >= 0.6 is 0 Å². The molecule has 136 valence electrons. The smallest absolute Gasteiger partial charge is 0.274 e. The maximum atomic E-state index is 12.0. The molecule has 0 atom stereocenters. The van der Waals surface area contributed by atoms with E-state index in [9.17, 15) is 25.0 Å². The number of nitrogens with one attached hydrogen (secondary N) is 2. The Kier molecular flexibility index (Phi) is 6.20. The number of non-ortho nitro benzene ring substituents is 1. The molecule has 0 aliphatic heterocycles. The third-order valence-electron chi connectivity index (χ3n) is 3.76. The molecule has 0 aromatic heterocycles. The molecular weight excluding hydrogens is 340 g/mol. The van der Waals surface area contributed by atoms with Gasteiger partial charge < -0.3 is 10.6 Å². The fraction of sp³-hybridized carbons (Fsp3) is 0.235. The topological polar surface area (TPSA) is 127 Å². The summed E-state index contributed by atoms with van der Waals surface area (Å²) in [5.41, 5.74) is 1.54. The standard InChI is InChI=1S/C17H18N4O5/c1-12-15(4-2-5-16(12)21(25)26)19-17(22)6-3-11-18-13-7-9-14(10-8-13)20(23)24/h2,4-5,7-10,18H,3,6,11H2,1H3,(H,19,22). The molecule has 2 N–H and O–H groups in total. The number of nitro groups is 2. The SMILES string of the molecule is Cc1c(NC(=O)CCCNc2ccc([N+](=O)[O-])cc2)cccc1[N+](=O)[O-].